The Morgan fingerprint density at radius 2 is 2.10 bits per heavy atom. The summed E-state index contributed by atoms with van der Waals surface area (Å²) in [6, 6.07) is 5.43. The average molecular weight is 291 g/mol. The van der Waals surface area contributed by atoms with Crippen molar-refractivity contribution in [3.05, 3.63) is 24.0 Å². The number of rotatable bonds is 4. The smallest absolute Gasteiger partial charge is 0.258 e. The summed E-state index contributed by atoms with van der Waals surface area (Å²) in [4.78, 5) is 4.42. The van der Waals surface area contributed by atoms with Gasteiger partial charge in [0.05, 0.1) is 33.5 Å². The molecule has 0 bridgehead atoms. The van der Waals surface area contributed by atoms with E-state index in [9.17, 15) is 0 Å². The van der Waals surface area contributed by atoms with Crippen LogP contribution in [0.2, 0.25) is 0 Å². The second-order valence-electron chi connectivity index (χ2n) is 4.61. The number of nitrogens with zero attached hydrogens (tertiary/aromatic N) is 2. The highest BCUT2D eigenvalue weighted by molar-refractivity contribution is 5.59. The van der Waals surface area contributed by atoms with Crippen LogP contribution in [0.4, 0.5) is 0 Å². The highest BCUT2D eigenvalue weighted by atomic mass is 16.5. The number of hydrogen-bond donors (Lipinski definition) is 1. The molecule has 1 fully saturated rings. The first-order valence-electron chi connectivity index (χ1n) is 6.69. The Morgan fingerprint density at radius 3 is 2.81 bits per heavy atom. The zero-order valence-electron chi connectivity index (χ0n) is 12.0. The summed E-state index contributed by atoms with van der Waals surface area (Å²) < 4.78 is 21.2. The summed E-state index contributed by atoms with van der Waals surface area (Å²) in [7, 11) is 3.18. The lowest BCUT2D eigenvalue weighted by Gasteiger charge is -2.20. The number of ether oxygens (including phenoxy) is 3. The molecule has 7 heteroatoms. The van der Waals surface area contributed by atoms with Crippen molar-refractivity contribution in [3.8, 4) is 23.0 Å². The Labute approximate surface area is 122 Å². The maximum atomic E-state index is 5.40. The van der Waals surface area contributed by atoms with Crippen LogP contribution >= 0.6 is 0 Å². The third-order valence-corrected chi connectivity index (χ3v) is 3.31. The first-order chi connectivity index (χ1) is 10.3. The van der Waals surface area contributed by atoms with Crippen LogP contribution in [0.15, 0.2) is 22.7 Å². The van der Waals surface area contributed by atoms with Crippen LogP contribution in [0.25, 0.3) is 11.5 Å². The Hall–Kier alpha value is -2.12. The summed E-state index contributed by atoms with van der Waals surface area (Å²) in [6.45, 7) is 2.03. The van der Waals surface area contributed by atoms with Crippen molar-refractivity contribution in [2.45, 2.75) is 6.04 Å². The number of benzene rings is 1. The maximum Gasteiger partial charge on any atom is 0.258 e. The van der Waals surface area contributed by atoms with Crippen LogP contribution in [0, 0.1) is 0 Å². The quantitative estimate of drug-likeness (QED) is 0.912. The van der Waals surface area contributed by atoms with E-state index in [1.165, 1.54) is 0 Å². The summed E-state index contributed by atoms with van der Waals surface area (Å²) in [5, 5.41) is 7.30. The monoisotopic (exact) mass is 291 g/mol. The minimum absolute atomic E-state index is 0.0311. The van der Waals surface area contributed by atoms with Gasteiger partial charge in [-0.1, -0.05) is 5.16 Å². The van der Waals surface area contributed by atoms with Crippen molar-refractivity contribution in [2.24, 2.45) is 0 Å². The number of morpholine rings is 1. The first kappa shape index (κ1) is 13.8. The second kappa shape index (κ2) is 6.11. The summed E-state index contributed by atoms with van der Waals surface area (Å²) >= 11 is 0. The van der Waals surface area contributed by atoms with Crippen LogP contribution in [-0.4, -0.2) is 44.1 Å². The molecule has 1 saturated heterocycles. The van der Waals surface area contributed by atoms with E-state index in [1.807, 2.05) is 6.07 Å². The van der Waals surface area contributed by atoms with Gasteiger partial charge in [-0.25, -0.2) is 0 Å². The van der Waals surface area contributed by atoms with Gasteiger partial charge in [-0.3, -0.25) is 0 Å². The highest BCUT2D eigenvalue weighted by Crippen LogP contribution is 2.31. The van der Waals surface area contributed by atoms with Gasteiger partial charge in [0, 0.05) is 12.1 Å². The molecule has 1 N–H and O–H groups in total. The molecule has 112 valence electrons. The Balaban J connectivity index is 1.85. The second-order valence-corrected chi connectivity index (χ2v) is 4.61. The van der Waals surface area contributed by atoms with Gasteiger partial charge in [-0.05, 0) is 18.2 Å². The largest absolute Gasteiger partial charge is 0.493 e. The van der Waals surface area contributed by atoms with E-state index >= 15 is 0 Å². The zero-order valence-corrected chi connectivity index (χ0v) is 12.0. The molecule has 7 nitrogen and oxygen atoms in total. The lowest BCUT2D eigenvalue weighted by molar-refractivity contribution is 0.0734. The molecule has 1 aliphatic heterocycles. The third kappa shape index (κ3) is 2.84. The normalized spacial score (nSPS) is 18.5. The van der Waals surface area contributed by atoms with Crippen molar-refractivity contribution in [1.29, 1.82) is 0 Å². The van der Waals surface area contributed by atoms with E-state index in [1.54, 1.807) is 26.4 Å². The fourth-order valence-electron chi connectivity index (χ4n) is 2.19. The third-order valence-electron chi connectivity index (χ3n) is 3.31. The lowest BCUT2D eigenvalue weighted by Crippen LogP contribution is -2.35. The van der Waals surface area contributed by atoms with Crippen LogP contribution in [0.3, 0.4) is 0 Å². The molecule has 3 rings (SSSR count). The van der Waals surface area contributed by atoms with Crippen LogP contribution in [-0.2, 0) is 4.74 Å². The van der Waals surface area contributed by atoms with Crippen molar-refractivity contribution < 1.29 is 18.7 Å². The molecule has 1 aliphatic rings. The summed E-state index contributed by atoms with van der Waals surface area (Å²) in [6.07, 6.45) is 0. The van der Waals surface area contributed by atoms with Crippen molar-refractivity contribution in [1.82, 2.24) is 15.5 Å². The van der Waals surface area contributed by atoms with Gasteiger partial charge in [0.2, 0.25) is 0 Å². The van der Waals surface area contributed by atoms with E-state index in [-0.39, 0.29) is 6.04 Å². The Bertz CT molecular complexity index is 608. The van der Waals surface area contributed by atoms with E-state index < -0.39 is 0 Å². The van der Waals surface area contributed by atoms with E-state index in [2.05, 4.69) is 15.5 Å². The zero-order chi connectivity index (χ0) is 14.7. The van der Waals surface area contributed by atoms with Crippen LogP contribution < -0.4 is 14.8 Å². The highest BCUT2D eigenvalue weighted by Gasteiger charge is 2.21. The lowest BCUT2D eigenvalue weighted by atomic mass is 10.2. The fraction of sp³-hybridized carbons (Fsp3) is 0.429. The SMILES string of the molecule is COc1ccc(-c2nc(C3COCCN3)no2)cc1OC. The predicted molar refractivity (Wildman–Crippen MR) is 74.4 cm³/mol. The van der Waals surface area contributed by atoms with Gasteiger partial charge in [-0.2, -0.15) is 4.98 Å². The molecule has 0 saturated carbocycles. The van der Waals surface area contributed by atoms with Crippen LogP contribution in [0.5, 0.6) is 11.5 Å². The first-order valence-corrected chi connectivity index (χ1v) is 6.69. The minimum Gasteiger partial charge on any atom is -0.493 e. The van der Waals surface area contributed by atoms with E-state index in [0.717, 1.165) is 12.1 Å². The molecular formula is C14H17N3O4. The number of hydrogen-bond acceptors (Lipinski definition) is 7. The van der Waals surface area contributed by atoms with E-state index in [4.69, 9.17) is 18.7 Å². The molecule has 21 heavy (non-hydrogen) atoms. The molecule has 0 spiro atoms. The molecule has 1 aromatic carbocycles. The molecule has 2 heterocycles. The topological polar surface area (TPSA) is 78.6 Å². The molecule has 1 aromatic heterocycles. The number of nitrogens with one attached hydrogen (secondary N) is 1. The van der Waals surface area contributed by atoms with Crippen molar-refractivity contribution >= 4 is 0 Å². The average Bonchev–Trinajstić information content (AvgIpc) is 3.05. The molecular weight excluding hydrogens is 274 g/mol. The van der Waals surface area contributed by atoms with Crippen LogP contribution in [0.1, 0.15) is 11.9 Å². The Morgan fingerprint density at radius 1 is 1.24 bits per heavy atom. The number of aromatic nitrogens is 2. The molecule has 2 aromatic rings. The summed E-state index contributed by atoms with van der Waals surface area (Å²) in [5.41, 5.74) is 0.781. The molecule has 0 amide bonds. The minimum atomic E-state index is -0.0311. The van der Waals surface area contributed by atoms with Crippen molar-refractivity contribution in [3.63, 3.8) is 0 Å². The fourth-order valence-corrected chi connectivity index (χ4v) is 2.19. The molecule has 0 aliphatic carbocycles. The van der Waals surface area contributed by atoms with Gasteiger partial charge >= 0.3 is 0 Å². The predicted octanol–water partition coefficient (Wildman–Crippen LogP) is 1.41. The van der Waals surface area contributed by atoms with Gasteiger partial charge in [0.15, 0.2) is 17.3 Å². The van der Waals surface area contributed by atoms with E-state index in [0.29, 0.717) is 36.4 Å². The maximum absolute atomic E-state index is 5.40. The van der Waals surface area contributed by atoms with Crippen molar-refractivity contribution in [2.75, 3.05) is 34.0 Å². The van der Waals surface area contributed by atoms with Gasteiger partial charge in [-0.15, -0.1) is 0 Å². The number of methoxy groups -OCH3 is 2. The molecule has 1 unspecified atom stereocenters. The Kier molecular flexibility index (Phi) is 4.03. The molecule has 0 radical (unpaired) electrons. The van der Waals surface area contributed by atoms with Gasteiger partial charge < -0.3 is 24.1 Å². The molecule has 1 atom stereocenters. The standard InChI is InChI=1S/C14H17N3O4/c1-18-11-4-3-9(7-12(11)19-2)14-16-13(17-21-14)10-8-20-6-5-15-10/h3-4,7,10,15H,5-6,8H2,1-2H3. The van der Waals surface area contributed by atoms with Gasteiger partial charge in [0.25, 0.3) is 5.89 Å². The summed E-state index contributed by atoms with van der Waals surface area (Å²) in [5.74, 6) is 2.31. The van der Waals surface area contributed by atoms with Gasteiger partial charge in [0.1, 0.15) is 0 Å².